The molecule has 8 nitrogen and oxygen atoms in total. The molecule has 0 bridgehead atoms. The van der Waals surface area contributed by atoms with Crippen LogP contribution in [0.2, 0.25) is 0 Å². The summed E-state index contributed by atoms with van der Waals surface area (Å²) in [6.45, 7) is 4.71. The van der Waals surface area contributed by atoms with Gasteiger partial charge in [0.05, 0.1) is 0 Å². The van der Waals surface area contributed by atoms with Gasteiger partial charge in [0.15, 0.2) is 35.2 Å². The highest BCUT2D eigenvalue weighted by Gasteiger charge is 2.52. The van der Waals surface area contributed by atoms with Crippen LogP contribution in [0.1, 0.15) is 27.7 Å². The normalized spacial score (nSPS) is 31.0. The van der Waals surface area contributed by atoms with E-state index < -0.39 is 53.1 Å². The average molecular weight is 381 g/mol. The zero-order chi connectivity index (χ0) is 17.0. The summed E-state index contributed by atoms with van der Waals surface area (Å²) < 4.78 is 20.7. The first-order valence-electron chi connectivity index (χ1n) is 6.45. The minimum atomic E-state index is -1.21. The zero-order valence-corrected chi connectivity index (χ0v) is 14.1. The van der Waals surface area contributed by atoms with Gasteiger partial charge in [-0.25, -0.2) is 0 Å². The average Bonchev–Trinajstić information content (AvgIpc) is 2.34. The molecule has 0 spiro atoms. The van der Waals surface area contributed by atoms with Crippen molar-refractivity contribution in [2.45, 2.75) is 57.1 Å². The fourth-order valence-electron chi connectivity index (χ4n) is 2.09. The third-order valence-corrected chi connectivity index (χ3v) is 3.52. The second kappa shape index (κ2) is 7.68. The Balaban J connectivity index is 3.18. The largest absolute Gasteiger partial charge is 0.455 e. The van der Waals surface area contributed by atoms with Gasteiger partial charge < -0.3 is 18.9 Å². The summed E-state index contributed by atoms with van der Waals surface area (Å²) in [5, 5.41) is -0.901. The summed E-state index contributed by atoms with van der Waals surface area (Å²) >= 11 is 3.13. The number of hydrogen-bond acceptors (Lipinski definition) is 8. The van der Waals surface area contributed by atoms with Gasteiger partial charge in [0.25, 0.3) is 0 Å². The summed E-state index contributed by atoms with van der Waals surface area (Å²) in [5.41, 5.74) is 0. The number of carbonyl (C=O) groups is 4. The number of esters is 3. The van der Waals surface area contributed by atoms with Crippen LogP contribution in [0.25, 0.3) is 0 Å². The molecule has 1 aliphatic rings. The lowest BCUT2D eigenvalue weighted by Gasteiger charge is -2.42. The van der Waals surface area contributed by atoms with Crippen LogP contribution in [-0.2, 0) is 38.1 Å². The summed E-state index contributed by atoms with van der Waals surface area (Å²) in [6.07, 6.45) is -4.60. The molecule has 22 heavy (non-hydrogen) atoms. The molecule has 0 aromatic carbocycles. The molecule has 1 saturated heterocycles. The van der Waals surface area contributed by atoms with E-state index in [1.54, 1.807) is 0 Å². The summed E-state index contributed by atoms with van der Waals surface area (Å²) in [5.74, 6) is -2.43. The molecular weight excluding hydrogens is 364 g/mol. The fraction of sp³-hybridized carbons (Fsp3) is 0.692. The van der Waals surface area contributed by atoms with Gasteiger partial charge in [0.1, 0.15) is 0 Å². The lowest BCUT2D eigenvalue weighted by atomic mass is 9.97. The SMILES string of the molecule is CC(=O)O[C@@H]1[C@@H](OC(C)=O)[C@@H](Br)O[C@H](C(C)=O)[C@H]1OC(C)=O. The van der Waals surface area contributed by atoms with Crippen molar-refractivity contribution in [2.24, 2.45) is 0 Å². The number of hydrogen-bond donors (Lipinski definition) is 0. The van der Waals surface area contributed by atoms with Gasteiger partial charge in [0.2, 0.25) is 0 Å². The van der Waals surface area contributed by atoms with Crippen molar-refractivity contribution < 1.29 is 38.1 Å². The Morgan fingerprint density at radius 1 is 0.773 bits per heavy atom. The van der Waals surface area contributed by atoms with Gasteiger partial charge in [-0.05, 0) is 6.92 Å². The second-order valence-corrected chi connectivity index (χ2v) is 5.64. The lowest BCUT2D eigenvalue weighted by Crippen LogP contribution is -2.61. The molecule has 0 unspecified atom stereocenters. The molecule has 9 heteroatoms. The monoisotopic (exact) mass is 380 g/mol. The highest BCUT2D eigenvalue weighted by molar-refractivity contribution is 9.09. The predicted octanol–water partition coefficient (Wildman–Crippen LogP) is 0.490. The minimum absolute atomic E-state index is 0.422. The van der Waals surface area contributed by atoms with Gasteiger partial charge in [-0.1, -0.05) is 15.9 Å². The molecule has 5 atom stereocenters. The maximum Gasteiger partial charge on any atom is 0.303 e. The molecule has 0 aromatic heterocycles. The van der Waals surface area contributed by atoms with Gasteiger partial charge in [-0.2, -0.15) is 0 Å². The third-order valence-electron chi connectivity index (χ3n) is 2.79. The third kappa shape index (κ3) is 4.77. The van der Waals surface area contributed by atoms with Crippen molar-refractivity contribution in [3.05, 3.63) is 0 Å². The molecular formula is C13H17BrO8. The molecule has 1 aliphatic heterocycles. The first-order valence-corrected chi connectivity index (χ1v) is 7.36. The van der Waals surface area contributed by atoms with Gasteiger partial charge in [0, 0.05) is 20.8 Å². The quantitative estimate of drug-likeness (QED) is 0.394. The summed E-state index contributed by atoms with van der Waals surface area (Å²) in [7, 11) is 0. The number of carbonyl (C=O) groups excluding carboxylic acids is 4. The Kier molecular flexibility index (Phi) is 6.48. The molecule has 1 fully saturated rings. The highest BCUT2D eigenvalue weighted by Crippen LogP contribution is 2.31. The van der Waals surface area contributed by atoms with Crippen LogP contribution in [0.4, 0.5) is 0 Å². The molecule has 124 valence electrons. The van der Waals surface area contributed by atoms with E-state index >= 15 is 0 Å². The first kappa shape index (κ1) is 18.6. The Labute approximate surface area is 135 Å². The van der Waals surface area contributed by atoms with Crippen LogP contribution in [-0.4, -0.2) is 53.1 Å². The number of ketones is 1. The highest BCUT2D eigenvalue weighted by atomic mass is 79.9. The van der Waals surface area contributed by atoms with Gasteiger partial charge >= 0.3 is 17.9 Å². The molecule has 1 rings (SSSR count). The molecule has 0 aliphatic carbocycles. The van der Waals surface area contributed by atoms with Gasteiger partial charge in [-0.15, -0.1) is 0 Å². The minimum Gasteiger partial charge on any atom is -0.455 e. The van der Waals surface area contributed by atoms with Crippen LogP contribution in [0, 0.1) is 0 Å². The number of ether oxygens (including phenoxy) is 4. The number of halogens is 1. The van der Waals surface area contributed by atoms with E-state index in [4.69, 9.17) is 18.9 Å². The molecule has 1 heterocycles. The van der Waals surface area contributed by atoms with Crippen LogP contribution in [0.3, 0.4) is 0 Å². The Bertz CT molecular complexity index is 477. The predicted molar refractivity (Wildman–Crippen MR) is 74.9 cm³/mol. The topological polar surface area (TPSA) is 105 Å². The van der Waals surface area contributed by atoms with Crippen molar-refractivity contribution in [3.63, 3.8) is 0 Å². The van der Waals surface area contributed by atoms with Crippen molar-refractivity contribution in [1.82, 2.24) is 0 Å². The van der Waals surface area contributed by atoms with E-state index in [-0.39, 0.29) is 0 Å². The van der Waals surface area contributed by atoms with Crippen LogP contribution < -0.4 is 0 Å². The second-order valence-electron chi connectivity index (χ2n) is 4.74. The Morgan fingerprint density at radius 3 is 1.59 bits per heavy atom. The maximum absolute atomic E-state index is 11.7. The summed E-state index contributed by atoms with van der Waals surface area (Å²) in [4.78, 5) is 45.5. The van der Waals surface area contributed by atoms with E-state index in [9.17, 15) is 19.2 Å². The van der Waals surface area contributed by atoms with Crippen molar-refractivity contribution in [1.29, 1.82) is 0 Å². The van der Waals surface area contributed by atoms with Crippen LogP contribution in [0.5, 0.6) is 0 Å². The first-order chi connectivity index (χ1) is 10.1. The van der Waals surface area contributed by atoms with E-state index in [1.165, 1.54) is 13.8 Å². The van der Waals surface area contributed by atoms with E-state index in [1.807, 2.05) is 0 Å². The smallest absolute Gasteiger partial charge is 0.303 e. The van der Waals surface area contributed by atoms with Crippen molar-refractivity contribution in [3.8, 4) is 0 Å². The Hall–Kier alpha value is -1.48. The van der Waals surface area contributed by atoms with E-state index in [0.29, 0.717) is 0 Å². The maximum atomic E-state index is 11.7. The molecule has 0 saturated carbocycles. The molecule has 0 aromatic rings. The number of alkyl halides is 1. The van der Waals surface area contributed by atoms with E-state index in [2.05, 4.69) is 15.9 Å². The Morgan fingerprint density at radius 2 is 1.18 bits per heavy atom. The zero-order valence-electron chi connectivity index (χ0n) is 12.5. The summed E-state index contributed by atoms with van der Waals surface area (Å²) in [6, 6.07) is 0. The molecule has 0 amide bonds. The van der Waals surface area contributed by atoms with E-state index in [0.717, 1.165) is 13.8 Å². The molecule has 0 radical (unpaired) electrons. The van der Waals surface area contributed by atoms with Crippen molar-refractivity contribution in [2.75, 3.05) is 0 Å². The van der Waals surface area contributed by atoms with Crippen molar-refractivity contribution >= 4 is 39.6 Å². The van der Waals surface area contributed by atoms with Crippen LogP contribution in [0.15, 0.2) is 0 Å². The van der Waals surface area contributed by atoms with Crippen LogP contribution >= 0.6 is 15.9 Å². The number of rotatable bonds is 4. The lowest BCUT2D eigenvalue weighted by molar-refractivity contribution is -0.228. The molecule has 0 N–H and O–H groups in total. The standard InChI is InChI=1S/C13H17BrO8/c1-5(15)9-10(19-6(2)16)11(20-7(3)17)12(13(14)22-9)21-8(4)18/h9-13H,1-4H3/t9-,10-,11+,12-,13+/m1/s1. The fourth-order valence-corrected chi connectivity index (χ4v) is 2.73. The van der Waals surface area contributed by atoms with Gasteiger partial charge in [-0.3, -0.25) is 19.2 Å². The number of Topliss-reactive ketones (excluding diaryl/α,β-unsaturated/α-hetero) is 1.